The van der Waals surface area contributed by atoms with E-state index in [9.17, 15) is 13.2 Å². The molecule has 0 aliphatic carbocycles. The third kappa shape index (κ3) is 2.59. The number of rotatable bonds is 2. The molecule has 0 aliphatic rings. The van der Waals surface area contributed by atoms with E-state index in [1.54, 1.807) is 18.2 Å². The Balaban J connectivity index is 2.54. The molecule has 5 nitrogen and oxygen atoms in total. The van der Waals surface area contributed by atoms with Gasteiger partial charge in [-0.05, 0) is 17.7 Å². The smallest absolute Gasteiger partial charge is 0.312 e. The lowest BCUT2D eigenvalue weighted by molar-refractivity contribution is 0.602. The van der Waals surface area contributed by atoms with Gasteiger partial charge in [-0.2, -0.15) is 0 Å². The minimum absolute atomic E-state index is 0.237. The van der Waals surface area contributed by atoms with Crippen molar-refractivity contribution in [3.63, 3.8) is 0 Å². The van der Waals surface area contributed by atoms with Crippen molar-refractivity contribution >= 4 is 9.84 Å². The maximum absolute atomic E-state index is 11.4. The van der Waals surface area contributed by atoms with Gasteiger partial charge in [0, 0.05) is 24.2 Å². The number of aromatic amines is 1. The second kappa shape index (κ2) is 4.14. The van der Waals surface area contributed by atoms with Crippen molar-refractivity contribution in [1.82, 2.24) is 9.97 Å². The predicted octanol–water partition coefficient (Wildman–Crippen LogP) is 0.840. The van der Waals surface area contributed by atoms with Gasteiger partial charge >= 0.3 is 5.69 Å². The molecule has 1 heterocycles. The fourth-order valence-corrected chi connectivity index (χ4v) is 2.07. The summed E-state index contributed by atoms with van der Waals surface area (Å²) >= 11 is 0. The molecule has 0 fully saturated rings. The number of hydrogen-bond acceptors (Lipinski definition) is 4. The number of hydrogen-bond donors (Lipinski definition) is 1. The van der Waals surface area contributed by atoms with Crippen LogP contribution < -0.4 is 5.69 Å². The third-order valence-corrected chi connectivity index (χ3v) is 3.38. The molecule has 1 aromatic heterocycles. The van der Waals surface area contributed by atoms with Crippen LogP contribution >= 0.6 is 0 Å². The van der Waals surface area contributed by atoms with Crippen LogP contribution in [0, 0.1) is 0 Å². The molecule has 17 heavy (non-hydrogen) atoms. The lowest BCUT2D eigenvalue weighted by atomic mass is 10.1. The summed E-state index contributed by atoms with van der Waals surface area (Å²) in [4.78, 5) is 17.1. The molecule has 2 aromatic rings. The highest BCUT2D eigenvalue weighted by Crippen LogP contribution is 2.20. The molecule has 0 saturated carbocycles. The van der Waals surface area contributed by atoms with Crippen molar-refractivity contribution in [3.8, 4) is 11.1 Å². The fraction of sp³-hybridized carbons (Fsp3) is 0.0909. The highest BCUT2D eigenvalue weighted by atomic mass is 32.2. The summed E-state index contributed by atoms with van der Waals surface area (Å²) in [6.07, 6.45) is 4.05. The van der Waals surface area contributed by atoms with E-state index in [4.69, 9.17) is 0 Å². The van der Waals surface area contributed by atoms with Gasteiger partial charge in [-0.15, -0.1) is 0 Å². The normalized spacial score (nSPS) is 11.4. The number of benzene rings is 1. The van der Waals surface area contributed by atoms with Gasteiger partial charge in [0.25, 0.3) is 0 Å². The van der Waals surface area contributed by atoms with E-state index in [0.29, 0.717) is 11.1 Å². The van der Waals surface area contributed by atoms with E-state index in [0.717, 1.165) is 6.26 Å². The average Bonchev–Trinajstić information content (AvgIpc) is 2.29. The standard InChI is InChI=1S/C11H10N2O3S/c1-17(15,16)10-4-2-3-8(5-10)9-6-12-11(14)13-7-9/h2-7H,1H3,(H,12,13,14). The SMILES string of the molecule is CS(=O)(=O)c1cccc(-c2cnc(=O)[nH]c2)c1. The zero-order valence-electron chi connectivity index (χ0n) is 9.04. The molecule has 0 saturated heterocycles. The molecule has 1 aromatic carbocycles. The predicted molar refractivity (Wildman–Crippen MR) is 63.4 cm³/mol. The van der Waals surface area contributed by atoms with Gasteiger partial charge in [0.1, 0.15) is 0 Å². The first kappa shape index (κ1) is 11.5. The van der Waals surface area contributed by atoms with E-state index in [-0.39, 0.29) is 4.90 Å². The van der Waals surface area contributed by atoms with Crippen LogP contribution in [0.4, 0.5) is 0 Å². The zero-order chi connectivity index (χ0) is 12.5. The second-order valence-corrected chi connectivity index (χ2v) is 5.62. The number of H-pyrrole nitrogens is 1. The molecular weight excluding hydrogens is 240 g/mol. The number of aromatic nitrogens is 2. The first-order valence-electron chi connectivity index (χ1n) is 4.82. The average molecular weight is 250 g/mol. The molecule has 0 amide bonds. The van der Waals surface area contributed by atoms with Crippen LogP contribution in [0.15, 0.2) is 46.3 Å². The van der Waals surface area contributed by atoms with E-state index in [1.807, 2.05) is 0 Å². The Morgan fingerprint density at radius 3 is 2.59 bits per heavy atom. The Kier molecular flexibility index (Phi) is 2.81. The molecule has 0 atom stereocenters. The Morgan fingerprint density at radius 2 is 2.00 bits per heavy atom. The van der Waals surface area contributed by atoms with Crippen molar-refractivity contribution in [1.29, 1.82) is 0 Å². The third-order valence-electron chi connectivity index (χ3n) is 2.27. The summed E-state index contributed by atoms with van der Waals surface area (Å²) in [6, 6.07) is 6.48. The Bertz CT molecular complexity index is 684. The monoisotopic (exact) mass is 250 g/mol. The topological polar surface area (TPSA) is 79.9 Å². The van der Waals surface area contributed by atoms with Gasteiger partial charge in [-0.25, -0.2) is 18.2 Å². The lowest BCUT2D eigenvalue weighted by Gasteiger charge is -2.03. The van der Waals surface area contributed by atoms with Crippen molar-refractivity contribution in [2.75, 3.05) is 6.26 Å². The first-order valence-corrected chi connectivity index (χ1v) is 6.71. The maximum atomic E-state index is 11.4. The van der Waals surface area contributed by atoms with Gasteiger partial charge in [0.15, 0.2) is 9.84 Å². The van der Waals surface area contributed by atoms with Gasteiger partial charge in [-0.3, -0.25) is 0 Å². The summed E-state index contributed by atoms with van der Waals surface area (Å²) in [6.45, 7) is 0. The van der Waals surface area contributed by atoms with Crippen LogP contribution in [0.3, 0.4) is 0 Å². The molecule has 2 rings (SSSR count). The Morgan fingerprint density at radius 1 is 1.24 bits per heavy atom. The van der Waals surface area contributed by atoms with E-state index in [2.05, 4.69) is 9.97 Å². The minimum atomic E-state index is -3.23. The van der Waals surface area contributed by atoms with Crippen LogP contribution in [0.5, 0.6) is 0 Å². The summed E-state index contributed by atoms with van der Waals surface area (Å²) in [5, 5.41) is 0. The fourth-order valence-electron chi connectivity index (χ4n) is 1.41. The van der Waals surface area contributed by atoms with Crippen LogP contribution in [-0.4, -0.2) is 24.6 Å². The number of nitrogens with zero attached hydrogens (tertiary/aromatic N) is 1. The van der Waals surface area contributed by atoms with Crippen LogP contribution in [0.2, 0.25) is 0 Å². The molecule has 0 spiro atoms. The van der Waals surface area contributed by atoms with Gasteiger partial charge in [0.2, 0.25) is 0 Å². The van der Waals surface area contributed by atoms with Gasteiger partial charge in [0.05, 0.1) is 4.90 Å². The van der Waals surface area contributed by atoms with Gasteiger partial charge in [-0.1, -0.05) is 12.1 Å². The molecule has 1 N–H and O–H groups in total. The van der Waals surface area contributed by atoms with Crippen LogP contribution in [-0.2, 0) is 9.84 Å². The Labute approximate surface area is 98.1 Å². The molecular formula is C11H10N2O3S. The first-order chi connectivity index (χ1) is 7.97. The summed E-state index contributed by atoms with van der Waals surface area (Å²) in [5.74, 6) is 0. The highest BCUT2D eigenvalue weighted by Gasteiger charge is 2.08. The summed E-state index contributed by atoms with van der Waals surface area (Å²) in [7, 11) is -3.23. The second-order valence-electron chi connectivity index (χ2n) is 3.61. The van der Waals surface area contributed by atoms with E-state index in [1.165, 1.54) is 18.5 Å². The van der Waals surface area contributed by atoms with Crippen molar-refractivity contribution < 1.29 is 8.42 Å². The van der Waals surface area contributed by atoms with Crippen molar-refractivity contribution in [3.05, 3.63) is 47.1 Å². The quantitative estimate of drug-likeness (QED) is 0.856. The molecule has 88 valence electrons. The van der Waals surface area contributed by atoms with E-state index < -0.39 is 15.5 Å². The van der Waals surface area contributed by atoms with Gasteiger partial charge < -0.3 is 4.98 Å². The molecule has 0 unspecified atom stereocenters. The van der Waals surface area contributed by atoms with Crippen molar-refractivity contribution in [2.24, 2.45) is 0 Å². The zero-order valence-corrected chi connectivity index (χ0v) is 9.86. The van der Waals surface area contributed by atoms with Crippen LogP contribution in [0.25, 0.3) is 11.1 Å². The Hall–Kier alpha value is -1.95. The largest absolute Gasteiger partial charge is 0.344 e. The molecule has 6 heteroatoms. The van der Waals surface area contributed by atoms with Crippen molar-refractivity contribution in [2.45, 2.75) is 4.90 Å². The molecule has 0 bridgehead atoms. The lowest BCUT2D eigenvalue weighted by Crippen LogP contribution is -2.07. The number of nitrogens with one attached hydrogen (secondary N) is 1. The summed E-state index contributed by atoms with van der Waals surface area (Å²) < 4.78 is 22.8. The van der Waals surface area contributed by atoms with Crippen LogP contribution in [0.1, 0.15) is 0 Å². The molecule has 0 aliphatic heterocycles. The number of sulfone groups is 1. The maximum Gasteiger partial charge on any atom is 0.344 e. The molecule has 0 radical (unpaired) electrons. The van der Waals surface area contributed by atoms with E-state index >= 15 is 0 Å². The minimum Gasteiger partial charge on any atom is -0.312 e. The highest BCUT2D eigenvalue weighted by molar-refractivity contribution is 7.90. The summed E-state index contributed by atoms with van der Waals surface area (Å²) in [5.41, 5.74) is 0.916.